The average Bonchev–Trinajstić information content (AvgIpc) is 2.18. The molecular formula is C11H18N2O. The number of terminal acetylenes is 1. The first-order valence-electron chi connectivity index (χ1n) is 4.71. The van der Waals surface area contributed by atoms with Crippen LogP contribution in [0.3, 0.4) is 0 Å². The zero-order valence-corrected chi connectivity index (χ0v) is 8.75. The van der Waals surface area contributed by atoms with Crippen LogP contribution in [0.15, 0.2) is 12.7 Å². The van der Waals surface area contributed by atoms with Crippen LogP contribution in [-0.4, -0.2) is 37.5 Å². The minimum absolute atomic E-state index is 0.0734. The van der Waals surface area contributed by atoms with Gasteiger partial charge in [0, 0.05) is 13.6 Å². The first-order valence-corrected chi connectivity index (χ1v) is 4.71. The number of likely N-dealkylation sites (N-methyl/N-ethyl adjacent to an activating group) is 1. The van der Waals surface area contributed by atoms with Crippen molar-refractivity contribution in [2.24, 2.45) is 0 Å². The Morgan fingerprint density at radius 1 is 1.71 bits per heavy atom. The Hall–Kier alpha value is -1.27. The number of unbranched alkanes of at least 4 members (excludes halogenated alkanes) is 1. The maximum Gasteiger partial charge on any atom is 0.236 e. The van der Waals surface area contributed by atoms with Crippen molar-refractivity contribution in [3.8, 4) is 12.3 Å². The molecule has 1 N–H and O–H groups in total. The van der Waals surface area contributed by atoms with Gasteiger partial charge in [0.15, 0.2) is 0 Å². The van der Waals surface area contributed by atoms with Crippen LogP contribution in [0.1, 0.15) is 12.8 Å². The summed E-state index contributed by atoms with van der Waals surface area (Å²) in [7, 11) is 1.79. The van der Waals surface area contributed by atoms with Crippen LogP contribution in [0.4, 0.5) is 0 Å². The Balaban J connectivity index is 3.55. The van der Waals surface area contributed by atoms with Crippen molar-refractivity contribution in [1.29, 1.82) is 0 Å². The van der Waals surface area contributed by atoms with E-state index in [4.69, 9.17) is 6.42 Å². The molecule has 3 nitrogen and oxygen atoms in total. The minimum Gasteiger partial charge on any atom is -0.345 e. The molecule has 0 bridgehead atoms. The number of hydrogen-bond donors (Lipinski definition) is 1. The third kappa shape index (κ3) is 6.27. The third-order valence-electron chi connectivity index (χ3n) is 1.83. The van der Waals surface area contributed by atoms with Gasteiger partial charge >= 0.3 is 0 Å². The highest BCUT2D eigenvalue weighted by atomic mass is 16.2. The summed E-state index contributed by atoms with van der Waals surface area (Å²) in [6.07, 6.45) is 8.80. The lowest BCUT2D eigenvalue weighted by Crippen LogP contribution is -2.36. The van der Waals surface area contributed by atoms with Crippen LogP contribution in [0.25, 0.3) is 0 Å². The maximum absolute atomic E-state index is 11.4. The highest BCUT2D eigenvalue weighted by Gasteiger charge is 2.05. The molecule has 1 amide bonds. The molecule has 0 atom stereocenters. The van der Waals surface area contributed by atoms with Gasteiger partial charge in [0.05, 0.1) is 13.1 Å². The van der Waals surface area contributed by atoms with E-state index in [1.54, 1.807) is 11.9 Å². The molecule has 3 heteroatoms. The monoisotopic (exact) mass is 194 g/mol. The zero-order chi connectivity index (χ0) is 10.8. The Bertz CT molecular complexity index is 218. The van der Waals surface area contributed by atoms with Gasteiger partial charge in [-0.15, -0.1) is 13.0 Å². The molecule has 0 saturated heterocycles. The number of allylic oxidation sites excluding steroid dienone is 1. The van der Waals surface area contributed by atoms with E-state index in [1.807, 2.05) is 6.08 Å². The van der Waals surface area contributed by atoms with E-state index in [0.717, 1.165) is 19.4 Å². The van der Waals surface area contributed by atoms with Crippen molar-refractivity contribution in [1.82, 2.24) is 10.2 Å². The molecule has 0 aromatic carbocycles. The summed E-state index contributed by atoms with van der Waals surface area (Å²) in [6, 6.07) is 0. The lowest BCUT2D eigenvalue weighted by molar-refractivity contribution is -0.128. The number of nitrogens with zero attached hydrogens (tertiary/aromatic N) is 1. The molecule has 0 rings (SSSR count). The normalized spacial score (nSPS) is 9.14. The van der Waals surface area contributed by atoms with Gasteiger partial charge in [-0.1, -0.05) is 12.0 Å². The van der Waals surface area contributed by atoms with Crippen LogP contribution in [0.5, 0.6) is 0 Å². The van der Waals surface area contributed by atoms with E-state index in [-0.39, 0.29) is 5.91 Å². The molecule has 0 aromatic heterocycles. The van der Waals surface area contributed by atoms with Crippen molar-refractivity contribution in [2.45, 2.75) is 12.8 Å². The number of hydrogen-bond acceptors (Lipinski definition) is 2. The van der Waals surface area contributed by atoms with Gasteiger partial charge in [-0.25, -0.2) is 0 Å². The fourth-order valence-electron chi connectivity index (χ4n) is 0.974. The second-order valence-corrected chi connectivity index (χ2v) is 3.05. The van der Waals surface area contributed by atoms with Gasteiger partial charge in [-0.05, 0) is 12.8 Å². The molecule has 0 unspecified atom stereocenters. The standard InChI is InChI=1S/C11H18N2O/c1-4-6-7-9-13(3)11(14)10-12-8-5-2/h2,4,12H,1,6-10H2,3H3. The summed E-state index contributed by atoms with van der Waals surface area (Å²) in [4.78, 5) is 13.1. The quantitative estimate of drug-likeness (QED) is 0.366. The molecule has 0 radical (unpaired) electrons. The van der Waals surface area contributed by atoms with Crippen LogP contribution in [-0.2, 0) is 4.79 Å². The molecule has 0 aliphatic rings. The Kier molecular flexibility index (Phi) is 7.58. The lowest BCUT2D eigenvalue weighted by Gasteiger charge is -2.16. The van der Waals surface area contributed by atoms with Gasteiger partial charge < -0.3 is 4.90 Å². The number of amides is 1. The molecule has 78 valence electrons. The van der Waals surface area contributed by atoms with Crippen molar-refractivity contribution in [3.05, 3.63) is 12.7 Å². The van der Waals surface area contributed by atoms with Crippen molar-refractivity contribution in [3.63, 3.8) is 0 Å². The summed E-state index contributed by atoms with van der Waals surface area (Å²) in [5.74, 6) is 2.49. The Morgan fingerprint density at radius 2 is 2.43 bits per heavy atom. The summed E-state index contributed by atoms with van der Waals surface area (Å²) < 4.78 is 0. The van der Waals surface area contributed by atoms with Gasteiger partial charge in [-0.3, -0.25) is 10.1 Å². The van der Waals surface area contributed by atoms with Crippen LogP contribution in [0, 0.1) is 12.3 Å². The topological polar surface area (TPSA) is 32.3 Å². The lowest BCUT2D eigenvalue weighted by atomic mass is 10.3. The van der Waals surface area contributed by atoms with Gasteiger partial charge in [-0.2, -0.15) is 0 Å². The summed E-state index contributed by atoms with van der Waals surface area (Å²) in [6.45, 7) is 5.14. The summed E-state index contributed by atoms with van der Waals surface area (Å²) in [5.41, 5.74) is 0. The molecule has 0 aliphatic heterocycles. The molecule has 0 heterocycles. The Labute approximate surface area is 86.2 Å². The van der Waals surface area contributed by atoms with Crippen molar-refractivity contribution < 1.29 is 4.79 Å². The van der Waals surface area contributed by atoms with E-state index in [2.05, 4.69) is 17.8 Å². The third-order valence-corrected chi connectivity index (χ3v) is 1.83. The van der Waals surface area contributed by atoms with E-state index >= 15 is 0 Å². The van der Waals surface area contributed by atoms with Crippen LogP contribution < -0.4 is 5.32 Å². The number of rotatable bonds is 7. The van der Waals surface area contributed by atoms with Gasteiger partial charge in [0.1, 0.15) is 0 Å². The average molecular weight is 194 g/mol. The molecule has 0 fully saturated rings. The predicted molar refractivity (Wildman–Crippen MR) is 58.8 cm³/mol. The zero-order valence-electron chi connectivity index (χ0n) is 8.75. The Morgan fingerprint density at radius 3 is 3.00 bits per heavy atom. The fraction of sp³-hybridized carbons (Fsp3) is 0.545. The van der Waals surface area contributed by atoms with Gasteiger partial charge in [0.2, 0.25) is 5.91 Å². The first kappa shape index (κ1) is 12.7. The van der Waals surface area contributed by atoms with E-state index in [1.165, 1.54) is 0 Å². The minimum atomic E-state index is 0.0734. The fourth-order valence-corrected chi connectivity index (χ4v) is 0.974. The number of carbonyl (C=O) groups is 1. The van der Waals surface area contributed by atoms with E-state index in [9.17, 15) is 4.79 Å². The van der Waals surface area contributed by atoms with E-state index in [0.29, 0.717) is 13.1 Å². The van der Waals surface area contributed by atoms with Crippen molar-refractivity contribution >= 4 is 5.91 Å². The van der Waals surface area contributed by atoms with Crippen LogP contribution in [0.2, 0.25) is 0 Å². The molecule has 14 heavy (non-hydrogen) atoms. The van der Waals surface area contributed by atoms with Crippen molar-refractivity contribution in [2.75, 3.05) is 26.7 Å². The molecule has 0 aromatic rings. The largest absolute Gasteiger partial charge is 0.345 e. The maximum atomic E-state index is 11.4. The molecular weight excluding hydrogens is 176 g/mol. The van der Waals surface area contributed by atoms with Crippen LogP contribution >= 0.6 is 0 Å². The summed E-state index contributed by atoms with van der Waals surface area (Å²) >= 11 is 0. The van der Waals surface area contributed by atoms with E-state index < -0.39 is 0 Å². The molecule has 0 saturated carbocycles. The SMILES string of the molecule is C#CCNCC(=O)N(C)CCCC=C. The molecule has 0 aliphatic carbocycles. The summed E-state index contributed by atoms with van der Waals surface area (Å²) in [5, 5.41) is 2.86. The van der Waals surface area contributed by atoms with Gasteiger partial charge in [0.25, 0.3) is 0 Å². The highest BCUT2D eigenvalue weighted by molar-refractivity contribution is 5.77. The molecule has 0 spiro atoms. The number of nitrogens with one attached hydrogen (secondary N) is 1. The second kappa shape index (κ2) is 8.33. The second-order valence-electron chi connectivity index (χ2n) is 3.05. The smallest absolute Gasteiger partial charge is 0.236 e. The first-order chi connectivity index (χ1) is 6.72. The predicted octanol–water partition coefficient (Wildman–Crippen LogP) is 0.634. The highest BCUT2D eigenvalue weighted by Crippen LogP contribution is 1.93. The number of carbonyl (C=O) groups excluding carboxylic acids is 1.